The van der Waals surface area contributed by atoms with E-state index >= 15 is 0 Å². The second-order valence-electron chi connectivity index (χ2n) is 6.22. The largest absolute Gasteiger partial charge is 0.330 e. The lowest BCUT2D eigenvalue weighted by Crippen LogP contribution is -2.45. The predicted molar refractivity (Wildman–Crippen MR) is 82.3 cm³/mol. The van der Waals surface area contributed by atoms with Crippen LogP contribution in [0.2, 0.25) is 0 Å². The Bertz CT molecular complexity index is 405. The molecule has 0 saturated carbocycles. The van der Waals surface area contributed by atoms with Gasteiger partial charge < -0.3 is 5.73 Å². The van der Waals surface area contributed by atoms with Gasteiger partial charge in [0.25, 0.3) is 0 Å². The predicted octanol–water partition coefficient (Wildman–Crippen LogP) is 3.42. The van der Waals surface area contributed by atoms with Crippen molar-refractivity contribution in [2.24, 2.45) is 11.7 Å². The molecule has 0 aromatic heterocycles. The van der Waals surface area contributed by atoms with Crippen LogP contribution in [0.3, 0.4) is 0 Å². The van der Waals surface area contributed by atoms with Crippen molar-refractivity contribution in [3.63, 3.8) is 0 Å². The Morgan fingerprint density at radius 2 is 1.89 bits per heavy atom. The Morgan fingerprint density at radius 1 is 1.26 bits per heavy atom. The molecule has 1 heterocycles. The molecule has 1 aliphatic rings. The number of hydrogen-bond acceptors (Lipinski definition) is 2. The molecule has 2 heteroatoms. The van der Waals surface area contributed by atoms with Crippen LogP contribution in [0.15, 0.2) is 18.2 Å². The fraction of sp³-hybridized carbons (Fsp3) is 0.647. The number of nitrogens with zero attached hydrogens (tertiary/aromatic N) is 1. The molecule has 0 bridgehead atoms. The smallest absolute Gasteiger partial charge is 0.0396 e. The lowest BCUT2D eigenvalue weighted by molar-refractivity contribution is 0.0657. The fourth-order valence-corrected chi connectivity index (χ4v) is 3.63. The van der Waals surface area contributed by atoms with Crippen molar-refractivity contribution in [2.45, 2.75) is 52.6 Å². The summed E-state index contributed by atoms with van der Waals surface area (Å²) in [6, 6.07) is 7.72. The maximum Gasteiger partial charge on any atom is 0.0396 e. The van der Waals surface area contributed by atoms with Gasteiger partial charge in [-0.15, -0.1) is 0 Å². The molecular weight excluding hydrogens is 232 g/mol. The Kier molecular flexibility index (Phi) is 4.64. The first-order chi connectivity index (χ1) is 9.06. The van der Waals surface area contributed by atoms with Crippen LogP contribution in [0.5, 0.6) is 0 Å². The van der Waals surface area contributed by atoms with Crippen LogP contribution >= 0.6 is 0 Å². The number of piperidine rings is 1. The molecule has 106 valence electrons. The molecule has 1 saturated heterocycles. The van der Waals surface area contributed by atoms with E-state index in [4.69, 9.17) is 5.73 Å². The van der Waals surface area contributed by atoms with E-state index in [1.807, 2.05) is 0 Å². The van der Waals surface area contributed by atoms with Gasteiger partial charge in [-0.3, -0.25) is 4.90 Å². The summed E-state index contributed by atoms with van der Waals surface area (Å²) in [4.78, 5) is 2.65. The molecule has 0 aliphatic carbocycles. The van der Waals surface area contributed by atoms with Gasteiger partial charge in [0, 0.05) is 12.1 Å². The second kappa shape index (κ2) is 6.06. The van der Waals surface area contributed by atoms with E-state index < -0.39 is 0 Å². The highest BCUT2D eigenvalue weighted by Gasteiger charge is 2.34. The highest BCUT2D eigenvalue weighted by molar-refractivity contribution is 5.37. The first-order valence-electron chi connectivity index (χ1n) is 7.58. The van der Waals surface area contributed by atoms with Crippen molar-refractivity contribution in [3.8, 4) is 0 Å². The highest BCUT2D eigenvalue weighted by Crippen LogP contribution is 2.39. The average molecular weight is 260 g/mol. The minimum atomic E-state index is 0.500. The van der Waals surface area contributed by atoms with E-state index in [0.29, 0.717) is 18.0 Å². The third kappa shape index (κ3) is 2.85. The third-order valence-corrected chi connectivity index (χ3v) is 4.60. The zero-order valence-corrected chi connectivity index (χ0v) is 12.8. The topological polar surface area (TPSA) is 29.3 Å². The highest BCUT2D eigenvalue weighted by atomic mass is 15.2. The Hall–Kier alpha value is -0.860. The van der Waals surface area contributed by atoms with Crippen LogP contribution in [-0.4, -0.2) is 24.0 Å². The van der Waals surface area contributed by atoms with Crippen molar-refractivity contribution in [2.75, 3.05) is 13.1 Å². The lowest BCUT2D eigenvalue weighted by Gasteiger charge is -2.44. The van der Waals surface area contributed by atoms with Gasteiger partial charge in [-0.25, -0.2) is 0 Å². The summed E-state index contributed by atoms with van der Waals surface area (Å²) >= 11 is 0. The first kappa shape index (κ1) is 14.5. The molecule has 0 spiro atoms. The monoisotopic (exact) mass is 260 g/mol. The zero-order chi connectivity index (χ0) is 14.0. The van der Waals surface area contributed by atoms with Gasteiger partial charge in [0.05, 0.1) is 0 Å². The lowest BCUT2D eigenvalue weighted by atomic mass is 9.80. The summed E-state index contributed by atoms with van der Waals surface area (Å²) in [5.41, 5.74) is 10.4. The van der Waals surface area contributed by atoms with E-state index in [-0.39, 0.29) is 0 Å². The molecule has 1 aliphatic heterocycles. The standard InChI is InChI=1S/C17H28N2/c1-12(2)19-10-6-9-15(11-18)17(19)16-13(3)7-5-8-14(16)4/h5,7-8,12,15,17H,6,9-11,18H2,1-4H3. The molecule has 1 aromatic rings. The molecule has 0 radical (unpaired) electrons. The number of aryl methyl sites for hydroxylation is 2. The SMILES string of the molecule is Cc1cccc(C)c1C1C(CN)CCCN1C(C)C. The van der Waals surface area contributed by atoms with Gasteiger partial charge >= 0.3 is 0 Å². The van der Waals surface area contributed by atoms with E-state index in [1.54, 1.807) is 0 Å². The van der Waals surface area contributed by atoms with Gasteiger partial charge in [-0.05, 0) is 76.2 Å². The molecule has 0 amide bonds. The Labute approximate surface area is 118 Å². The molecule has 19 heavy (non-hydrogen) atoms. The number of rotatable bonds is 3. The van der Waals surface area contributed by atoms with Gasteiger partial charge in [-0.2, -0.15) is 0 Å². The minimum absolute atomic E-state index is 0.500. The van der Waals surface area contributed by atoms with Crippen molar-refractivity contribution >= 4 is 0 Å². The molecule has 1 aromatic carbocycles. The first-order valence-corrected chi connectivity index (χ1v) is 7.58. The summed E-state index contributed by atoms with van der Waals surface area (Å²) in [5, 5.41) is 0. The van der Waals surface area contributed by atoms with E-state index in [1.165, 1.54) is 36.1 Å². The Morgan fingerprint density at radius 3 is 2.42 bits per heavy atom. The number of nitrogens with two attached hydrogens (primary N) is 1. The van der Waals surface area contributed by atoms with Crippen molar-refractivity contribution in [1.82, 2.24) is 4.90 Å². The van der Waals surface area contributed by atoms with Gasteiger partial charge in [0.1, 0.15) is 0 Å². The molecule has 2 nitrogen and oxygen atoms in total. The van der Waals surface area contributed by atoms with E-state index in [0.717, 1.165) is 6.54 Å². The summed E-state index contributed by atoms with van der Waals surface area (Å²) in [6.45, 7) is 11.1. The molecule has 2 rings (SSSR count). The molecule has 2 N–H and O–H groups in total. The molecular formula is C17H28N2. The van der Waals surface area contributed by atoms with Crippen LogP contribution in [0, 0.1) is 19.8 Å². The van der Waals surface area contributed by atoms with Gasteiger partial charge in [-0.1, -0.05) is 18.2 Å². The fourth-order valence-electron chi connectivity index (χ4n) is 3.63. The van der Waals surface area contributed by atoms with Crippen molar-refractivity contribution < 1.29 is 0 Å². The van der Waals surface area contributed by atoms with E-state index in [9.17, 15) is 0 Å². The van der Waals surface area contributed by atoms with Crippen molar-refractivity contribution in [1.29, 1.82) is 0 Å². The summed E-state index contributed by atoms with van der Waals surface area (Å²) < 4.78 is 0. The quantitative estimate of drug-likeness (QED) is 0.902. The zero-order valence-electron chi connectivity index (χ0n) is 12.8. The van der Waals surface area contributed by atoms with Gasteiger partial charge in [0.15, 0.2) is 0 Å². The summed E-state index contributed by atoms with van der Waals surface area (Å²) in [7, 11) is 0. The third-order valence-electron chi connectivity index (χ3n) is 4.60. The maximum absolute atomic E-state index is 6.07. The average Bonchev–Trinajstić information content (AvgIpc) is 2.38. The van der Waals surface area contributed by atoms with Crippen LogP contribution in [-0.2, 0) is 0 Å². The number of hydrogen-bond donors (Lipinski definition) is 1. The Balaban J connectivity index is 2.45. The van der Waals surface area contributed by atoms with Gasteiger partial charge in [0.2, 0.25) is 0 Å². The van der Waals surface area contributed by atoms with Crippen LogP contribution < -0.4 is 5.73 Å². The van der Waals surface area contributed by atoms with E-state index in [2.05, 4.69) is 50.8 Å². The van der Waals surface area contributed by atoms with Crippen molar-refractivity contribution in [3.05, 3.63) is 34.9 Å². The molecule has 2 unspecified atom stereocenters. The molecule has 2 atom stereocenters. The molecule has 1 fully saturated rings. The second-order valence-corrected chi connectivity index (χ2v) is 6.22. The normalized spacial score (nSPS) is 24.9. The van der Waals surface area contributed by atoms with Crippen LogP contribution in [0.25, 0.3) is 0 Å². The maximum atomic E-state index is 6.07. The summed E-state index contributed by atoms with van der Waals surface area (Å²) in [6.07, 6.45) is 2.54. The van der Waals surface area contributed by atoms with Crippen LogP contribution in [0.4, 0.5) is 0 Å². The number of likely N-dealkylation sites (tertiary alicyclic amines) is 1. The van der Waals surface area contributed by atoms with Crippen LogP contribution in [0.1, 0.15) is 49.4 Å². The minimum Gasteiger partial charge on any atom is -0.330 e. The summed E-state index contributed by atoms with van der Waals surface area (Å²) in [5.74, 6) is 0.593. The number of benzene rings is 1.